The van der Waals surface area contributed by atoms with Gasteiger partial charge in [0.1, 0.15) is 24.8 Å². The summed E-state index contributed by atoms with van der Waals surface area (Å²) < 4.78 is 11.4. The van der Waals surface area contributed by atoms with Crippen molar-refractivity contribution in [2.45, 2.75) is 43.9 Å². The number of rotatable bonds is 6. The maximum atomic E-state index is 13.9. The molecule has 2 saturated heterocycles. The Morgan fingerprint density at radius 1 is 0.763 bits per heavy atom. The minimum Gasteiger partial charge on any atom is -0.486 e. The number of benzene rings is 3. The number of amides is 2. The summed E-state index contributed by atoms with van der Waals surface area (Å²) in [6.45, 7) is 3.78. The van der Waals surface area contributed by atoms with E-state index in [0.717, 1.165) is 47.8 Å². The summed E-state index contributed by atoms with van der Waals surface area (Å²) in [5.74, 6) is 1.54. The highest BCUT2D eigenvalue weighted by molar-refractivity contribution is 6.00. The lowest BCUT2D eigenvalue weighted by molar-refractivity contribution is -0.162. The second-order valence-electron chi connectivity index (χ2n) is 10.4. The number of nitrogens with one attached hydrogen (secondary N) is 1. The highest BCUT2D eigenvalue weighted by Crippen LogP contribution is 2.36. The fraction of sp³-hybridized carbons (Fsp3) is 0.355. The first-order valence-electron chi connectivity index (χ1n) is 13.4. The number of piperazine rings is 1. The van der Waals surface area contributed by atoms with Gasteiger partial charge < -0.3 is 19.7 Å². The number of likely N-dealkylation sites (tertiary alicyclic amines) is 1. The van der Waals surface area contributed by atoms with Crippen LogP contribution in [0.2, 0.25) is 0 Å². The lowest BCUT2D eigenvalue weighted by atomic mass is 9.80. The number of nitrogens with zero attached hydrogens (tertiary/aromatic N) is 2. The summed E-state index contributed by atoms with van der Waals surface area (Å²) >= 11 is 0. The molecule has 3 heterocycles. The first-order chi connectivity index (χ1) is 18.6. The van der Waals surface area contributed by atoms with Crippen LogP contribution in [0.1, 0.15) is 29.5 Å². The molecule has 6 rings (SSSR count). The quantitative estimate of drug-likeness (QED) is 0.548. The highest BCUT2D eigenvalue weighted by atomic mass is 16.6. The van der Waals surface area contributed by atoms with E-state index in [2.05, 4.69) is 16.3 Å². The number of fused-ring (bicyclic) bond motifs is 1. The second kappa shape index (κ2) is 10.5. The van der Waals surface area contributed by atoms with Gasteiger partial charge in [-0.05, 0) is 41.7 Å². The normalized spacial score (nSPS) is 20.8. The van der Waals surface area contributed by atoms with Gasteiger partial charge in [-0.15, -0.1) is 0 Å². The van der Waals surface area contributed by atoms with Gasteiger partial charge in [0.15, 0.2) is 11.5 Å². The molecule has 0 aromatic heterocycles. The van der Waals surface area contributed by atoms with Gasteiger partial charge in [-0.25, -0.2) is 0 Å². The Bertz CT molecular complexity index is 1290. The summed E-state index contributed by atoms with van der Waals surface area (Å²) in [6.07, 6.45) is 1.68. The molecular formula is C31H33N3O4. The average molecular weight is 512 g/mol. The first kappa shape index (κ1) is 24.5. The molecule has 1 spiro atoms. The molecule has 1 unspecified atom stereocenters. The van der Waals surface area contributed by atoms with Crippen molar-refractivity contribution in [1.29, 1.82) is 0 Å². The zero-order chi connectivity index (χ0) is 26.0. The van der Waals surface area contributed by atoms with Crippen LogP contribution in [-0.4, -0.2) is 59.5 Å². The summed E-state index contributed by atoms with van der Waals surface area (Å²) in [5.41, 5.74) is 2.38. The van der Waals surface area contributed by atoms with E-state index < -0.39 is 11.6 Å². The Hall–Kier alpha value is -3.84. The average Bonchev–Trinajstić information content (AvgIpc) is 2.96. The first-order valence-corrected chi connectivity index (χ1v) is 13.4. The molecule has 3 aliphatic rings. The van der Waals surface area contributed by atoms with Crippen molar-refractivity contribution in [2.24, 2.45) is 0 Å². The summed E-state index contributed by atoms with van der Waals surface area (Å²) in [7, 11) is 0. The standard InChI is InChI=1S/C31H33N3O4/c35-29-26(19-23-7-3-1-4-8-23)32-30(36)31(34(29)22-24-9-5-2-6-10-24)13-15-33(16-14-31)21-25-11-12-27-28(20-25)38-18-17-37-27/h1-12,20,26H,13-19,21-22H2,(H,32,36). The lowest BCUT2D eigenvalue weighted by Crippen LogP contribution is -2.72. The molecule has 38 heavy (non-hydrogen) atoms. The van der Waals surface area contributed by atoms with Gasteiger partial charge in [0, 0.05) is 32.6 Å². The van der Waals surface area contributed by atoms with Crippen LogP contribution in [-0.2, 0) is 29.1 Å². The fourth-order valence-electron chi connectivity index (χ4n) is 5.88. The van der Waals surface area contributed by atoms with Gasteiger partial charge in [-0.2, -0.15) is 0 Å². The van der Waals surface area contributed by atoms with Crippen LogP contribution in [0.4, 0.5) is 0 Å². The maximum Gasteiger partial charge on any atom is 0.246 e. The lowest BCUT2D eigenvalue weighted by Gasteiger charge is -2.51. The summed E-state index contributed by atoms with van der Waals surface area (Å²) in [4.78, 5) is 31.9. The molecule has 1 N–H and O–H groups in total. The van der Waals surface area contributed by atoms with Gasteiger partial charge in [0.2, 0.25) is 11.8 Å². The van der Waals surface area contributed by atoms with Crippen LogP contribution >= 0.6 is 0 Å². The Morgan fingerprint density at radius 3 is 2.13 bits per heavy atom. The van der Waals surface area contributed by atoms with E-state index >= 15 is 0 Å². The van der Waals surface area contributed by atoms with Crippen LogP contribution in [0.15, 0.2) is 78.9 Å². The van der Waals surface area contributed by atoms with Crippen LogP contribution in [0.25, 0.3) is 0 Å². The third-order valence-corrected chi connectivity index (χ3v) is 7.97. The van der Waals surface area contributed by atoms with E-state index in [9.17, 15) is 9.59 Å². The molecule has 3 aliphatic heterocycles. The van der Waals surface area contributed by atoms with Crippen LogP contribution in [0, 0.1) is 0 Å². The predicted octanol–water partition coefficient (Wildman–Crippen LogP) is 3.56. The number of hydrogen-bond acceptors (Lipinski definition) is 5. The number of piperidine rings is 1. The number of carbonyl (C=O) groups is 2. The zero-order valence-electron chi connectivity index (χ0n) is 21.5. The molecule has 0 bridgehead atoms. The molecule has 0 saturated carbocycles. The number of hydrogen-bond donors (Lipinski definition) is 1. The van der Waals surface area contributed by atoms with E-state index in [1.165, 1.54) is 0 Å². The Kier molecular flexibility index (Phi) is 6.77. The molecule has 3 aromatic rings. The number of carbonyl (C=O) groups excluding carboxylic acids is 2. The molecule has 196 valence electrons. The SMILES string of the molecule is O=C1C(Cc2ccccc2)NC(=O)C2(CCN(Cc3ccc4c(c3)OCCO4)CC2)N1Cc1ccccc1. The van der Waals surface area contributed by atoms with Crippen LogP contribution in [0.3, 0.4) is 0 Å². The van der Waals surface area contributed by atoms with Crippen molar-refractivity contribution in [3.63, 3.8) is 0 Å². The molecule has 2 fully saturated rings. The molecule has 3 aromatic carbocycles. The third kappa shape index (κ3) is 4.86. The molecule has 0 radical (unpaired) electrons. The Morgan fingerprint density at radius 2 is 1.42 bits per heavy atom. The van der Waals surface area contributed by atoms with Gasteiger partial charge in [0.25, 0.3) is 0 Å². The summed E-state index contributed by atoms with van der Waals surface area (Å²) in [6, 6.07) is 25.4. The smallest absolute Gasteiger partial charge is 0.246 e. The molecule has 2 amide bonds. The van der Waals surface area contributed by atoms with Gasteiger partial charge in [0.05, 0.1) is 0 Å². The largest absolute Gasteiger partial charge is 0.486 e. The topological polar surface area (TPSA) is 71.1 Å². The molecule has 1 atom stereocenters. The zero-order valence-corrected chi connectivity index (χ0v) is 21.5. The molecular weight excluding hydrogens is 478 g/mol. The molecule has 0 aliphatic carbocycles. The van der Waals surface area contributed by atoms with Gasteiger partial charge in [-0.1, -0.05) is 66.7 Å². The van der Waals surface area contributed by atoms with Crippen molar-refractivity contribution in [1.82, 2.24) is 15.1 Å². The fourth-order valence-corrected chi connectivity index (χ4v) is 5.88. The summed E-state index contributed by atoms with van der Waals surface area (Å²) in [5, 5.41) is 3.11. The van der Waals surface area contributed by atoms with E-state index in [1.807, 2.05) is 77.7 Å². The predicted molar refractivity (Wildman–Crippen MR) is 144 cm³/mol. The van der Waals surface area contributed by atoms with Crippen molar-refractivity contribution in [3.05, 3.63) is 95.6 Å². The van der Waals surface area contributed by atoms with E-state index in [1.54, 1.807) is 0 Å². The van der Waals surface area contributed by atoms with Crippen molar-refractivity contribution < 1.29 is 19.1 Å². The molecule has 7 nitrogen and oxygen atoms in total. The van der Waals surface area contributed by atoms with E-state index in [-0.39, 0.29) is 11.8 Å². The monoisotopic (exact) mass is 511 g/mol. The minimum absolute atomic E-state index is 0.00223. The Balaban J connectivity index is 1.20. The van der Waals surface area contributed by atoms with Gasteiger partial charge in [-0.3, -0.25) is 14.5 Å². The van der Waals surface area contributed by atoms with Crippen molar-refractivity contribution >= 4 is 11.8 Å². The maximum absolute atomic E-state index is 13.9. The van der Waals surface area contributed by atoms with E-state index in [4.69, 9.17) is 9.47 Å². The van der Waals surface area contributed by atoms with Crippen molar-refractivity contribution in [3.8, 4) is 11.5 Å². The Labute approximate surface area is 223 Å². The molecule has 7 heteroatoms. The van der Waals surface area contributed by atoms with E-state index in [0.29, 0.717) is 39.0 Å². The van der Waals surface area contributed by atoms with Crippen molar-refractivity contribution in [2.75, 3.05) is 26.3 Å². The van der Waals surface area contributed by atoms with Crippen LogP contribution in [0.5, 0.6) is 11.5 Å². The second-order valence-corrected chi connectivity index (χ2v) is 10.4. The van der Waals surface area contributed by atoms with Gasteiger partial charge >= 0.3 is 0 Å². The third-order valence-electron chi connectivity index (χ3n) is 7.97. The minimum atomic E-state index is -0.844. The van der Waals surface area contributed by atoms with Crippen LogP contribution < -0.4 is 14.8 Å². The number of ether oxygens (including phenoxy) is 2. The highest BCUT2D eigenvalue weighted by Gasteiger charge is 2.53.